The second-order valence-corrected chi connectivity index (χ2v) is 8.01. The third kappa shape index (κ3) is 3.63. The van der Waals surface area contributed by atoms with Crippen molar-refractivity contribution in [1.29, 1.82) is 0 Å². The molecule has 27 heavy (non-hydrogen) atoms. The van der Waals surface area contributed by atoms with E-state index in [0.717, 1.165) is 11.8 Å². The molecule has 1 aliphatic heterocycles. The van der Waals surface area contributed by atoms with E-state index in [0.29, 0.717) is 35.0 Å². The first-order chi connectivity index (χ1) is 12.9. The minimum atomic E-state index is -3.41. The number of hydrogen-bond acceptors (Lipinski definition) is 5. The second kappa shape index (κ2) is 6.44. The van der Waals surface area contributed by atoms with Crippen LogP contribution in [0.5, 0.6) is 0 Å². The number of carbonyl (C=O) groups is 1. The van der Waals surface area contributed by atoms with E-state index >= 15 is 0 Å². The average molecular weight is 383 g/mol. The number of hydrogen-bond donors (Lipinski definition) is 3. The van der Waals surface area contributed by atoms with E-state index in [1.807, 2.05) is 30.3 Å². The van der Waals surface area contributed by atoms with E-state index in [2.05, 4.69) is 20.5 Å². The van der Waals surface area contributed by atoms with Gasteiger partial charge >= 0.3 is 0 Å². The summed E-state index contributed by atoms with van der Waals surface area (Å²) < 4.78 is 27.0. The number of nitrogens with zero attached hydrogens (tertiary/aromatic N) is 2. The largest absolute Gasteiger partial charge is 0.338 e. The van der Waals surface area contributed by atoms with Gasteiger partial charge in [0.25, 0.3) is 5.91 Å². The SMILES string of the molecule is CS(=O)(=O)Nc1ccc2c(c1)NC(=O)c1cnn(Cc3ccccc3)c1N2. The van der Waals surface area contributed by atoms with Crippen molar-refractivity contribution in [3.05, 3.63) is 65.9 Å². The number of rotatable bonds is 4. The van der Waals surface area contributed by atoms with Gasteiger partial charge in [0.1, 0.15) is 11.4 Å². The molecule has 1 aliphatic rings. The van der Waals surface area contributed by atoms with Gasteiger partial charge in [0.15, 0.2) is 0 Å². The zero-order valence-electron chi connectivity index (χ0n) is 14.4. The molecule has 0 aliphatic carbocycles. The molecule has 0 saturated carbocycles. The monoisotopic (exact) mass is 383 g/mol. The summed E-state index contributed by atoms with van der Waals surface area (Å²) in [6, 6.07) is 14.7. The van der Waals surface area contributed by atoms with Gasteiger partial charge in [-0.15, -0.1) is 0 Å². The third-order valence-electron chi connectivity index (χ3n) is 4.08. The van der Waals surface area contributed by atoms with E-state index < -0.39 is 10.0 Å². The van der Waals surface area contributed by atoms with Crippen LogP contribution in [-0.4, -0.2) is 30.4 Å². The van der Waals surface area contributed by atoms with E-state index in [1.165, 1.54) is 6.20 Å². The number of sulfonamides is 1. The first-order valence-electron chi connectivity index (χ1n) is 8.19. The summed E-state index contributed by atoms with van der Waals surface area (Å²) in [6.45, 7) is 0.513. The van der Waals surface area contributed by atoms with Crippen LogP contribution in [0.1, 0.15) is 15.9 Å². The van der Waals surface area contributed by atoms with Crippen molar-refractivity contribution in [2.24, 2.45) is 0 Å². The standard InChI is InChI=1S/C18H17N5O3S/c1-27(25,26)22-13-7-8-15-16(9-13)21-18(24)14-10-19-23(17(14)20-15)11-12-5-3-2-4-6-12/h2-10,20,22H,11H2,1H3,(H,21,24). The lowest BCUT2D eigenvalue weighted by molar-refractivity contribution is 0.102. The summed E-state index contributed by atoms with van der Waals surface area (Å²) in [6.07, 6.45) is 2.59. The molecule has 2 heterocycles. The van der Waals surface area contributed by atoms with Crippen molar-refractivity contribution in [3.63, 3.8) is 0 Å². The number of fused-ring (bicyclic) bond motifs is 2. The lowest BCUT2D eigenvalue weighted by Crippen LogP contribution is -2.12. The second-order valence-electron chi connectivity index (χ2n) is 6.26. The number of aromatic nitrogens is 2. The van der Waals surface area contributed by atoms with Crippen LogP contribution in [0, 0.1) is 0 Å². The van der Waals surface area contributed by atoms with Gasteiger partial charge in [0, 0.05) is 0 Å². The Morgan fingerprint density at radius 2 is 1.85 bits per heavy atom. The summed E-state index contributed by atoms with van der Waals surface area (Å²) in [4.78, 5) is 12.6. The van der Waals surface area contributed by atoms with Crippen molar-refractivity contribution < 1.29 is 13.2 Å². The minimum Gasteiger partial charge on any atom is -0.338 e. The van der Waals surface area contributed by atoms with Crippen LogP contribution in [0.25, 0.3) is 0 Å². The van der Waals surface area contributed by atoms with Crippen LogP contribution in [0.15, 0.2) is 54.7 Å². The Morgan fingerprint density at radius 1 is 1.07 bits per heavy atom. The van der Waals surface area contributed by atoms with E-state index in [4.69, 9.17) is 0 Å². The maximum atomic E-state index is 12.6. The summed E-state index contributed by atoms with van der Waals surface area (Å²) >= 11 is 0. The topological polar surface area (TPSA) is 105 Å². The summed E-state index contributed by atoms with van der Waals surface area (Å²) in [5.74, 6) is 0.269. The molecular formula is C18H17N5O3S. The first-order valence-corrected chi connectivity index (χ1v) is 10.1. The minimum absolute atomic E-state index is 0.313. The van der Waals surface area contributed by atoms with Crippen molar-refractivity contribution in [2.45, 2.75) is 6.54 Å². The molecule has 9 heteroatoms. The molecule has 8 nitrogen and oxygen atoms in total. The smallest absolute Gasteiger partial charge is 0.261 e. The predicted octanol–water partition coefficient (Wildman–Crippen LogP) is 2.61. The lowest BCUT2D eigenvalue weighted by Gasteiger charge is -2.13. The van der Waals surface area contributed by atoms with Crippen LogP contribution in [0.2, 0.25) is 0 Å². The van der Waals surface area contributed by atoms with Crippen LogP contribution >= 0.6 is 0 Å². The van der Waals surface area contributed by atoms with Crippen molar-refractivity contribution in [1.82, 2.24) is 9.78 Å². The number of carbonyl (C=O) groups excluding carboxylic acids is 1. The highest BCUT2D eigenvalue weighted by molar-refractivity contribution is 7.92. The normalized spacial score (nSPS) is 13.0. The van der Waals surface area contributed by atoms with Crippen molar-refractivity contribution in [3.8, 4) is 0 Å². The van der Waals surface area contributed by atoms with E-state index in [9.17, 15) is 13.2 Å². The fourth-order valence-corrected chi connectivity index (χ4v) is 3.47. The van der Waals surface area contributed by atoms with Gasteiger partial charge in [-0.05, 0) is 23.8 Å². The van der Waals surface area contributed by atoms with Crippen molar-refractivity contribution >= 4 is 38.8 Å². The zero-order valence-corrected chi connectivity index (χ0v) is 15.2. The Kier molecular flexibility index (Phi) is 4.08. The lowest BCUT2D eigenvalue weighted by atomic mass is 10.2. The van der Waals surface area contributed by atoms with Gasteiger partial charge in [-0.1, -0.05) is 30.3 Å². The highest BCUT2D eigenvalue weighted by atomic mass is 32.2. The Labute approximate surface area is 156 Å². The molecule has 2 aromatic carbocycles. The first kappa shape index (κ1) is 17.1. The summed E-state index contributed by atoms with van der Waals surface area (Å²) in [5.41, 5.74) is 2.98. The fraction of sp³-hybridized carbons (Fsp3) is 0.111. The van der Waals surface area contributed by atoms with Crippen molar-refractivity contribution in [2.75, 3.05) is 21.6 Å². The molecule has 0 bridgehead atoms. The average Bonchev–Trinajstić information content (AvgIpc) is 2.92. The molecule has 0 spiro atoms. The number of amides is 1. The highest BCUT2D eigenvalue weighted by Crippen LogP contribution is 2.34. The predicted molar refractivity (Wildman–Crippen MR) is 104 cm³/mol. The molecular weight excluding hydrogens is 366 g/mol. The molecule has 3 aromatic rings. The number of nitrogens with one attached hydrogen (secondary N) is 3. The zero-order chi connectivity index (χ0) is 19.0. The van der Waals surface area contributed by atoms with Gasteiger partial charge in [-0.2, -0.15) is 5.10 Å². The number of anilines is 4. The molecule has 0 saturated heterocycles. The van der Waals surface area contributed by atoms with Gasteiger partial charge in [0.2, 0.25) is 10.0 Å². The van der Waals surface area contributed by atoms with Crippen LogP contribution in [0.4, 0.5) is 22.9 Å². The Morgan fingerprint density at radius 3 is 2.59 bits per heavy atom. The quantitative estimate of drug-likeness (QED) is 0.642. The number of benzene rings is 2. The molecule has 1 amide bonds. The van der Waals surface area contributed by atoms with Gasteiger partial charge < -0.3 is 10.6 Å². The summed E-state index contributed by atoms with van der Waals surface area (Å²) in [5, 5.41) is 10.4. The Balaban J connectivity index is 1.69. The molecule has 0 radical (unpaired) electrons. The van der Waals surface area contributed by atoms with Crippen LogP contribution in [0.3, 0.4) is 0 Å². The maximum Gasteiger partial charge on any atom is 0.261 e. The Bertz CT molecular complexity index is 1120. The molecule has 0 unspecified atom stereocenters. The molecule has 138 valence electrons. The van der Waals surface area contributed by atoms with Gasteiger partial charge in [-0.25, -0.2) is 13.1 Å². The molecule has 4 rings (SSSR count). The molecule has 0 fully saturated rings. The third-order valence-corrected chi connectivity index (χ3v) is 4.69. The Hall–Kier alpha value is -3.33. The van der Waals surface area contributed by atoms with E-state index in [1.54, 1.807) is 22.9 Å². The van der Waals surface area contributed by atoms with Gasteiger partial charge in [0.05, 0.1) is 36.1 Å². The van der Waals surface area contributed by atoms with E-state index in [-0.39, 0.29) is 5.91 Å². The molecule has 0 atom stereocenters. The van der Waals surface area contributed by atoms with Crippen LogP contribution in [-0.2, 0) is 16.6 Å². The fourth-order valence-electron chi connectivity index (χ4n) is 2.91. The van der Waals surface area contributed by atoms with Gasteiger partial charge in [-0.3, -0.25) is 9.52 Å². The summed E-state index contributed by atoms with van der Waals surface area (Å²) in [7, 11) is -3.41. The molecule has 3 N–H and O–H groups in total. The maximum absolute atomic E-state index is 12.6. The molecule has 1 aromatic heterocycles. The van der Waals surface area contributed by atoms with Crippen LogP contribution < -0.4 is 15.4 Å². The highest BCUT2D eigenvalue weighted by Gasteiger charge is 2.23.